The van der Waals surface area contributed by atoms with Crippen LogP contribution in [0.15, 0.2) is 36.4 Å². The van der Waals surface area contributed by atoms with Crippen molar-refractivity contribution in [3.8, 4) is 12.3 Å². The van der Waals surface area contributed by atoms with E-state index in [0.717, 1.165) is 11.1 Å². The number of terminal acetylenes is 1. The summed E-state index contributed by atoms with van der Waals surface area (Å²) in [5.41, 5.74) is 0.659. The minimum Gasteiger partial charge on any atom is -0.353 e. The molecule has 0 N–H and O–H groups in total. The lowest BCUT2D eigenvalue weighted by Gasteiger charge is -2.23. The molecule has 0 radical (unpaired) electrons. The summed E-state index contributed by atoms with van der Waals surface area (Å²) in [7, 11) is 0. The fourth-order valence-corrected chi connectivity index (χ4v) is 4.37. The van der Waals surface area contributed by atoms with E-state index in [2.05, 4.69) is 5.92 Å². The van der Waals surface area contributed by atoms with Crippen molar-refractivity contribution < 1.29 is 28.4 Å². The average Bonchev–Trinajstić information content (AvgIpc) is 3.41. The molecule has 2 aliphatic heterocycles. The highest BCUT2D eigenvalue weighted by Gasteiger charge is 2.71. The predicted octanol–water partition coefficient (Wildman–Crippen LogP) is 5.48. The molecule has 2 fully saturated rings. The molecule has 0 amide bonds. The molecule has 4 rings (SSSR count). The Hall–Kier alpha value is -1.08. The van der Waals surface area contributed by atoms with Gasteiger partial charge in [0, 0.05) is 20.1 Å². The van der Waals surface area contributed by atoms with Gasteiger partial charge in [-0.2, -0.15) is 0 Å². The maximum absolute atomic E-state index is 6.16. The molecule has 2 aromatic rings. The van der Waals surface area contributed by atoms with Crippen LogP contribution in [0, 0.1) is 12.3 Å². The zero-order valence-electron chi connectivity index (χ0n) is 17.3. The summed E-state index contributed by atoms with van der Waals surface area (Å²) in [6, 6.07) is 10.4. The Morgan fingerprint density at radius 2 is 1.48 bits per heavy atom. The number of benzene rings is 2. The third kappa shape index (κ3) is 5.95. The molecule has 2 saturated heterocycles. The van der Waals surface area contributed by atoms with Crippen LogP contribution in [0.5, 0.6) is 0 Å². The Morgan fingerprint density at radius 3 is 2.06 bits per heavy atom. The van der Waals surface area contributed by atoms with Crippen LogP contribution in [0.25, 0.3) is 0 Å². The molecule has 2 heterocycles. The van der Waals surface area contributed by atoms with Gasteiger partial charge in [-0.1, -0.05) is 64.5 Å². The third-order valence-corrected chi connectivity index (χ3v) is 6.38. The SMILES string of the molecule is C#C[C@]12O[C@@H]1O[C@H](COCOCc1ccc(Cl)cc1Cl)[C@H]2OCOCc1ccc(Cl)cc1Cl. The van der Waals surface area contributed by atoms with E-state index < -0.39 is 24.1 Å². The van der Waals surface area contributed by atoms with E-state index in [4.69, 9.17) is 81.2 Å². The molecule has 33 heavy (non-hydrogen) atoms. The second-order valence-electron chi connectivity index (χ2n) is 7.42. The summed E-state index contributed by atoms with van der Waals surface area (Å²) in [5.74, 6) is 2.63. The highest BCUT2D eigenvalue weighted by atomic mass is 35.5. The predicted molar refractivity (Wildman–Crippen MR) is 124 cm³/mol. The summed E-state index contributed by atoms with van der Waals surface area (Å²) in [6.45, 7) is 0.729. The number of hydrogen-bond donors (Lipinski definition) is 0. The highest BCUT2D eigenvalue weighted by molar-refractivity contribution is 6.35. The van der Waals surface area contributed by atoms with E-state index >= 15 is 0 Å². The molecule has 0 spiro atoms. The maximum Gasteiger partial charge on any atom is 0.210 e. The van der Waals surface area contributed by atoms with Crippen LogP contribution in [0.2, 0.25) is 20.1 Å². The Morgan fingerprint density at radius 1 is 0.879 bits per heavy atom. The molecule has 0 unspecified atom stereocenters. The molecule has 0 saturated carbocycles. The van der Waals surface area contributed by atoms with Gasteiger partial charge in [-0.3, -0.25) is 0 Å². The number of fused-ring (bicyclic) bond motifs is 1. The summed E-state index contributed by atoms with van der Waals surface area (Å²) in [6.07, 6.45) is 4.14. The standard InChI is InChI=1S/C23H20Cl4O6/c1-2-23-21(31-13-29-10-15-4-6-17(25)8-19(15)27)20(32-22(23)33-23)11-30-12-28-9-14-3-5-16(24)7-18(14)26/h1,3-8,20-22H,9-13H2/t20-,21-,22+,23-/m1/s1. The number of epoxide rings is 1. The second kappa shape index (κ2) is 11.1. The largest absolute Gasteiger partial charge is 0.353 e. The lowest BCUT2D eigenvalue weighted by atomic mass is 10.0. The molecule has 0 bridgehead atoms. The van der Waals surface area contributed by atoms with E-state index in [1.807, 2.05) is 0 Å². The molecule has 0 aliphatic carbocycles. The van der Waals surface area contributed by atoms with Crippen molar-refractivity contribution in [1.82, 2.24) is 0 Å². The lowest BCUT2D eigenvalue weighted by Crippen LogP contribution is -2.40. The summed E-state index contributed by atoms with van der Waals surface area (Å²) >= 11 is 24.1. The number of ether oxygens (including phenoxy) is 6. The van der Waals surface area contributed by atoms with Crippen molar-refractivity contribution in [1.29, 1.82) is 0 Å². The number of rotatable bonds is 11. The topological polar surface area (TPSA) is 58.7 Å². The van der Waals surface area contributed by atoms with Gasteiger partial charge in [-0.05, 0) is 35.4 Å². The Bertz CT molecular complexity index is 1030. The van der Waals surface area contributed by atoms with Crippen molar-refractivity contribution in [3.63, 3.8) is 0 Å². The third-order valence-electron chi connectivity index (χ3n) is 5.20. The fraction of sp³-hybridized carbons (Fsp3) is 0.391. The molecular weight excluding hydrogens is 514 g/mol. The smallest absolute Gasteiger partial charge is 0.210 e. The molecular formula is C23H20Cl4O6. The van der Waals surface area contributed by atoms with Gasteiger partial charge in [0.15, 0.2) is 0 Å². The van der Waals surface area contributed by atoms with Crippen molar-refractivity contribution in [2.45, 2.75) is 37.3 Å². The second-order valence-corrected chi connectivity index (χ2v) is 9.11. The molecule has 2 aliphatic rings. The molecule has 4 atom stereocenters. The molecule has 0 aromatic heterocycles. The van der Waals surface area contributed by atoms with Gasteiger partial charge >= 0.3 is 0 Å². The van der Waals surface area contributed by atoms with E-state index in [1.165, 1.54) is 0 Å². The van der Waals surface area contributed by atoms with Crippen LogP contribution in [0.3, 0.4) is 0 Å². The maximum atomic E-state index is 6.16. The normalized spacial score (nSPS) is 25.6. The van der Waals surface area contributed by atoms with Crippen LogP contribution < -0.4 is 0 Å². The van der Waals surface area contributed by atoms with Crippen LogP contribution in [-0.2, 0) is 41.6 Å². The quantitative estimate of drug-likeness (QED) is 0.165. The van der Waals surface area contributed by atoms with Crippen LogP contribution in [-0.4, -0.2) is 44.3 Å². The Balaban J connectivity index is 1.21. The van der Waals surface area contributed by atoms with Gasteiger partial charge < -0.3 is 28.4 Å². The number of halogens is 4. The molecule has 176 valence electrons. The Labute approximate surface area is 211 Å². The van der Waals surface area contributed by atoms with Gasteiger partial charge in [0.2, 0.25) is 11.9 Å². The summed E-state index contributed by atoms with van der Waals surface area (Å²) in [4.78, 5) is 0. The van der Waals surface area contributed by atoms with E-state index in [0.29, 0.717) is 20.1 Å². The summed E-state index contributed by atoms with van der Waals surface area (Å²) < 4.78 is 33.9. The first-order valence-corrected chi connectivity index (χ1v) is 11.5. The first-order chi connectivity index (χ1) is 15.9. The molecule has 6 nitrogen and oxygen atoms in total. The first kappa shape index (κ1) is 25.0. The molecule has 2 aromatic carbocycles. The van der Waals surface area contributed by atoms with Gasteiger partial charge in [-0.25, -0.2) is 0 Å². The van der Waals surface area contributed by atoms with Crippen molar-refractivity contribution in [2.75, 3.05) is 20.2 Å². The number of hydrogen-bond acceptors (Lipinski definition) is 6. The van der Waals surface area contributed by atoms with E-state index in [-0.39, 0.29) is 33.4 Å². The van der Waals surface area contributed by atoms with Crippen LogP contribution >= 0.6 is 46.4 Å². The zero-order valence-corrected chi connectivity index (χ0v) is 20.3. The van der Waals surface area contributed by atoms with Crippen molar-refractivity contribution in [3.05, 3.63) is 67.6 Å². The van der Waals surface area contributed by atoms with Gasteiger partial charge in [0.25, 0.3) is 0 Å². The van der Waals surface area contributed by atoms with Gasteiger partial charge in [-0.15, -0.1) is 6.42 Å². The van der Waals surface area contributed by atoms with E-state index in [1.54, 1.807) is 36.4 Å². The first-order valence-electron chi connectivity index (χ1n) is 9.96. The van der Waals surface area contributed by atoms with Crippen LogP contribution in [0.4, 0.5) is 0 Å². The lowest BCUT2D eigenvalue weighted by molar-refractivity contribution is -0.177. The van der Waals surface area contributed by atoms with Crippen molar-refractivity contribution >= 4 is 46.4 Å². The fourth-order valence-electron chi connectivity index (χ4n) is 3.45. The summed E-state index contributed by atoms with van der Waals surface area (Å²) in [5, 5.41) is 2.17. The highest BCUT2D eigenvalue weighted by Crippen LogP contribution is 2.49. The van der Waals surface area contributed by atoms with Gasteiger partial charge in [0.1, 0.15) is 25.8 Å². The Kier molecular flexibility index (Phi) is 8.42. The van der Waals surface area contributed by atoms with Crippen molar-refractivity contribution in [2.24, 2.45) is 0 Å². The molecule has 10 heteroatoms. The minimum absolute atomic E-state index is 0.0332. The monoisotopic (exact) mass is 532 g/mol. The van der Waals surface area contributed by atoms with Gasteiger partial charge in [0.05, 0.1) is 19.8 Å². The average molecular weight is 534 g/mol. The zero-order chi connectivity index (χ0) is 23.4. The van der Waals surface area contributed by atoms with E-state index in [9.17, 15) is 0 Å². The van der Waals surface area contributed by atoms with Crippen LogP contribution in [0.1, 0.15) is 11.1 Å². The minimum atomic E-state index is -0.938.